The fourth-order valence-corrected chi connectivity index (χ4v) is 1.61. The highest BCUT2D eigenvalue weighted by molar-refractivity contribution is 5.21. The number of aryl methyl sites for hydroxylation is 1. The second-order valence-electron chi connectivity index (χ2n) is 4.18. The monoisotopic (exact) mass is 206 g/mol. The molecule has 15 heavy (non-hydrogen) atoms. The van der Waals surface area contributed by atoms with Crippen LogP contribution in [0.25, 0.3) is 0 Å². The van der Waals surface area contributed by atoms with Crippen molar-refractivity contribution in [3.8, 4) is 0 Å². The third-order valence-corrected chi connectivity index (χ3v) is 2.54. The molecule has 0 aliphatic rings. The standard InChI is InChI=1S/C13H22N2/c1-12-5-7-13(8-6-12)11-15(3)10-4-9-14-2/h5-8,14H,4,9-11H2,1-3H3. The molecule has 0 bridgehead atoms. The van der Waals surface area contributed by atoms with Gasteiger partial charge in [0.2, 0.25) is 0 Å². The summed E-state index contributed by atoms with van der Waals surface area (Å²) in [4.78, 5) is 2.36. The minimum atomic E-state index is 1.05. The summed E-state index contributed by atoms with van der Waals surface area (Å²) in [7, 11) is 4.18. The molecule has 0 saturated heterocycles. The molecule has 84 valence electrons. The molecular weight excluding hydrogens is 184 g/mol. The minimum Gasteiger partial charge on any atom is -0.320 e. The van der Waals surface area contributed by atoms with Crippen LogP contribution in [-0.2, 0) is 6.54 Å². The van der Waals surface area contributed by atoms with Gasteiger partial charge >= 0.3 is 0 Å². The molecule has 0 saturated carbocycles. The summed E-state index contributed by atoms with van der Waals surface area (Å²) >= 11 is 0. The van der Waals surface area contributed by atoms with Gasteiger partial charge in [-0.15, -0.1) is 0 Å². The van der Waals surface area contributed by atoms with Gasteiger partial charge in [0.15, 0.2) is 0 Å². The molecule has 0 aromatic heterocycles. The second-order valence-corrected chi connectivity index (χ2v) is 4.18. The predicted octanol–water partition coefficient (Wildman–Crippen LogP) is 2.04. The van der Waals surface area contributed by atoms with E-state index in [1.807, 2.05) is 7.05 Å². The first-order chi connectivity index (χ1) is 7.22. The van der Waals surface area contributed by atoms with Crippen LogP contribution in [0.3, 0.4) is 0 Å². The number of nitrogens with one attached hydrogen (secondary N) is 1. The lowest BCUT2D eigenvalue weighted by atomic mass is 10.1. The van der Waals surface area contributed by atoms with Crippen molar-refractivity contribution in [3.63, 3.8) is 0 Å². The largest absolute Gasteiger partial charge is 0.320 e. The Bertz CT molecular complexity index is 266. The topological polar surface area (TPSA) is 15.3 Å². The van der Waals surface area contributed by atoms with Gasteiger partial charge in [-0.05, 0) is 46.1 Å². The van der Waals surface area contributed by atoms with Crippen LogP contribution < -0.4 is 5.32 Å². The van der Waals surface area contributed by atoms with Crippen LogP contribution in [0.4, 0.5) is 0 Å². The maximum atomic E-state index is 3.17. The van der Waals surface area contributed by atoms with Gasteiger partial charge in [0.25, 0.3) is 0 Å². The van der Waals surface area contributed by atoms with Gasteiger partial charge in [0.1, 0.15) is 0 Å². The third kappa shape index (κ3) is 4.96. The SMILES string of the molecule is CNCCCN(C)Cc1ccc(C)cc1. The van der Waals surface area contributed by atoms with Crippen LogP contribution >= 0.6 is 0 Å². The van der Waals surface area contributed by atoms with E-state index in [9.17, 15) is 0 Å². The number of nitrogens with zero attached hydrogens (tertiary/aromatic N) is 1. The van der Waals surface area contributed by atoms with Crippen molar-refractivity contribution >= 4 is 0 Å². The average molecular weight is 206 g/mol. The summed E-state index contributed by atoms with van der Waals surface area (Å²) < 4.78 is 0. The van der Waals surface area contributed by atoms with E-state index in [0.29, 0.717) is 0 Å². The Labute approximate surface area is 93.3 Å². The second kappa shape index (κ2) is 6.59. The first kappa shape index (κ1) is 12.2. The molecule has 0 unspecified atom stereocenters. The van der Waals surface area contributed by atoms with Gasteiger partial charge in [-0.3, -0.25) is 0 Å². The third-order valence-electron chi connectivity index (χ3n) is 2.54. The lowest BCUT2D eigenvalue weighted by molar-refractivity contribution is 0.321. The molecule has 0 radical (unpaired) electrons. The van der Waals surface area contributed by atoms with Crippen molar-refractivity contribution in [1.29, 1.82) is 0 Å². The zero-order chi connectivity index (χ0) is 11.1. The molecule has 1 rings (SSSR count). The number of benzene rings is 1. The van der Waals surface area contributed by atoms with Gasteiger partial charge in [0, 0.05) is 6.54 Å². The summed E-state index contributed by atoms with van der Waals surface area (Å²) in [6, 6.07) is 8.78. The summed E-state index contributed by atoms with van der Waals surface area (Å²) in [6.45, 7) is 5.41. The van der Waals surface area contributed by atoms with Crippen LogP contribution in [0.2, 0.25) is 0 Å². The fraction of sp³-hybridized carbons (Fsp3) is 0.538. The normalized spacial score (nSPS) is 10.9. The van der Waals surface area contributed by atoms with Crippen molar-refractivity contribution in [2.24, 2.45) is 0 Å². The Morgan fingerprint density at radius 2 is 1.87 bits per heavy atom. The summed E-state index contributed by atoms with van der Waals surface area (Å²) in [6.07, 6.45) is 1.21. The van der Waals surface area contributed by atoms with Gasteiger partial charge in [-0.25, -0.2) is 0 Å². The van der Waals surface area contributed by atoms with E-state index in [0.717, 1.165) is 19.6 Å². The predicted molar refractivity (Wildman–Crippen MR) is 66.1 cm³/mol. The maximum Gasteiger partial charge on any atom is 0.0230 e. The van der Waals surface area contributed by atoms with E-state index in [-0.39, 0.29) is 0 Å². The van der Waals surface area contributed by atoms with Crippen LogP contribution in [0.5, 0.6) is 0 Å². The smallest absolute Gasteiger partial charge is 0.0230 e. The van der Waals surface area contributed by atoms with E-state index < -0.39 is 0 Å². The lowest BCUT2D eigenvalue weighted by Gasteiger charge is -2.16. The summed E-state index contributed by atoms with van der Waals surface area (Å²) in [5, 5.41) is 3.17. The molecule has 0 aliphatic heterocycles. The molecule has 1 N–H and O–H groups in total. The van der Waals surface area contributed by atoms with Gasteiger partial charge in [-0.2, -0.15) is 0 Å². The molecule has 2 heteroatoms. The van der Waals surface area contributed by atoms with Gasteiger partial charge in [0.05, 0.1) is 0 Å². The molecule has 0 atom stereocenters. The van der Waals surface area contributed by atoms with E-state index in [2.05, 4.69) is 48.5 Å². The first-order valence-corrected chi connectivity index (χ1v) is 5.61. The first-order valence-electron chi connectivity index (χ1n) is 5.61. The number of hydrogen-bond acceptors (Lipinski definition) is 2. The Hall–Kier alpha value is -0.860. The van der Waals surface area contributed by atoms with E-state index in [1.54, 1.807) is 0 Å². The lowest BCUT2D eigenvalue weighted by Crippen LogP contribution is -2.22. The summed E-state index contributed by atoms with van der Waals surface area (Å²) in [5.74, 6) is 0. The van der Waals surface area contributed by atoms with Crippen molar-refractivity contribution < 1.29 is 0 Å². The zero-order valence-corrected chi connectivity index (χ0v) is 10.1. The molecule has 0 heterocycles. The van der Waals surface area contributed by atoms with E-state index in [1.165, 1.54) is 17.5 Å². The molecule has 1 aromatic rings. The van der Waals surface area contributed by atoms with E-state index >= 15 is 0 Å². The van der Waals surface area contributed by atoms with Crippen LogP contribution in [0, 0.1) is 6.92 Å². The van der Waals surface area contributed by atoms with Crippen LogP contribution in [-0.4, -0.2) is 32.1 Å². The Morgan fingerprint density at radius 1 is 1.20 bits per heavy atom. The van der Waals surface area contributed by atoms with Crippen molar-refractivity contribution in [2.75, 3.05) is 27.2 Å². The Balaban J connectivity index is 2.31. The highest BCUT2D eigenvalue weighted by Crippen LogP contribution is 2.05. The number of hydrogen-bond donors (Lipinski definition) is 1. The quantitative estimate of drug-likeness (QED) is 0.717. The fourth-order valence-electron chi connectivity index (χ4n) is 1.61. The van der Waals surface area contributed by atoms with Crippen LogP contribution in [0.15, 0.2) is 24.3 Å². The molecule has 0 aliphatic carbocycles. The van der Waals surface area contributed by atoms with Crippen molar-refractivity contribution in [3.05, 3.63) is 35.4 Å². The van der Waals surface area contributed by atoms with Gasteiger partial charge in [-0.1, -0.05) is 29.8 Å². The molecule has 0 fully saturated rings. The highest BCUT2D eigenvalue weighted by atomic mass is 15.1. The zero-order valence-electron chi connectivity index (χ0n) is 10.1. The summed E-state index contributed by atoms with van der Waals surface area (Å²) in [5.41, 5.74) is 2.73. The maximum absolute atomic E-state index is 3.17. The van der Waals surface area contributed by atoms with Gasteiger partial charge < -0.3 is 10.2 Å². The van der Waals surface area contributed by atoms with Crippen molar-refractivity contribution in [2.45, 2.75) is 19.9 Å². The highest BCUT2D eigenvalue weighted by Gasteiger charge is 1.99. The Morgan fingerprint density at radius 3 is 2.47 bits per heavy atom. The van der Waals surface area contributed by atoms with E-state index in [4.69, 9.17) is 0 Å². The molecule has 0 spiro atoms. The molecule has 0 amide bonds. The average Bonchev–Trinajstić information content (AvgIpc) is 2.22. The molecular formula is C13H22N2. The molecule has 2 nitrogen and oxygen atoms in total. The van der Waals surface area contributed by atoms with Crippen molar-refractivity contribution in [1.82, 2.24) is 10.2 Å². The number of rotatable bonds is 6. The minimum absolute atomic E-state index is 1.05. The molecule has 1 aromatic carbocycles. The Kier molecular flexibility index (Phi) is 5.37. The van der Waals surface area contributed by atoms with Crippen LogP contribution in [0.1, 0.15) is 17.5 Å².